The van der Waals surface area contributed by atoms with Crippen molar-refractivity contribution in [3.05, 3.63) is 22.6 Å². The molecule has 1 aromatic heterocycles. The SMILES string of the molecule is O=C(c1occc1Br)C1CCCCS1(=O)=O. The molecule has 1 aromatic rings. The van der Waals surface area contributed by atoms with Gasteiger partial charge in [-0.25, -0.2) is 8.42 Å². The molecule has 0 amide bonds. The van der Waals surface area contributed by atoms with Crippen LogP contribution in [-0.2, 0) is 9.84 Å². The van der Waals surface area contributed by atoms with E-state index >= 15 is 0 Å². The maximum atomic E-state index is 12.0. The predicted molar refractivity (Wildman–Crippen MR) is 62.2 cm³/mol. The van der Waals surface area contributed by atoms with E-state index in [9.17, 15) is 13.2 Å². The lowest BCUT2D eigenvalue weighted by Crippen LogP contribution is -2.35. The zero-order chi connectivity index (χ0) is 11.8. The van der Waals surface area contributed by atoms with Crippen LogP contribution in [0.2, 0.25) is 0 Å². The van der Waals surface area contributed by atoms with E-state index in [0.717, 1.165) is 6.42 Å². The van der Waals surface area contributed by atoms with E-state index in [2.05, 4.69) is 15.9 Å². The quantitative estimate of drug-likeness (QED) is 0.786. The number of carbonyl (C=O) groups is 1. The van der Waals surface area contributed by atoms with Crippen molar-refractivity contribution in [1.82, 2.24) is 0 Å². The molecule has 88 valence electrons. The second-order valence-corrected chi connectivity index (χ2v) is 6.97. The van der Waals surface area contributed by atoms with Crippen LogP contribution in [0.4, 0.5) is 0 Å². The third kappa shape index (κ3) is 2.08. The van der Waals surface area contributed by atoms with Gasteiger partial charge >= 0.3 is 0 Å². The van der Waals surface area contributed by atoms with E-state index in [1.54, 1.807) is 6.07 Å². The number of sulfone groups is 1. The van der Waals surface area contributed by atoms with Crippen LogP contribution in [0.5, 0.6) is 0 Å². The number of halogens is 1. The Hall–Kier alpha value is -0.620. The van der Waals surface area contributed by atoms with Crippen LogP contribution in [0.1, 0.15) is 29.8 Å². The largest absolute Gasteiger partial charge is 0.460 e. The highest BCUT2D eigenvalue weighted by atomic mass is 79.9. The van der Waals surface area contributed by atoms with E-state index in [1.165, 1.54) is 6.26 Å². The summed E-state index contributed by atoms with van der Waals surface area (Å²) in [5.41, 5.74) is 0. The molecule has 1 atom stereocenters. The molecule has 0 radical (unpaired) electrons. The molecule has 2 rings (SSSR count). The van der Waals surface area contributed by atoms with Crippen molar-refractivity contribution in [2.75, 3.05) is 5.75 Å². The van der Waals surface area contributed by atoms with Crippen molar-refractivity contribution in [2.24, 2.45) is 0 Å². The molecule has 1 unspecified atom stereocenters. The molecule has 0 aliphatic carbocycles. The lowest BCUT2D eigenvalue weighted by atomic mass is 10.1. The monoisotopic (exact) mass is 306 g/mol. The molecule has 0 N–H and O–H groups in total. The summed E-state index contributed by atoms with van der Waals surface area (Å²) < 4.78 is 29.0. The summed E-state index contributed by atoms with van der Waals surface area (Å²) in [5.74, 6) is -0.228. The highest BCUT2D eigenvalue weighted by Gasteiger charge is 2.37. The second-order valence-electron chi connectivity index (χ2n) is 3.81. The number of ketones is 1. The minimum absolute atomic E-state index is 0.0989. The van der Waals surface area contributed by atoms with Crippen LogP contribution in [0.3, 0.4) is 0 Å². The summed E-state index contributed by atoms with van der Waals surface area (Å²) in [6.45, 7) is 0. The van der Waals surface area contributed by atoms with Gasteiger partial charge in [-0.3, -0.25) is 4.79 Å². The maximum absolute atomic E-state index is 12.0. The average Bonchev–Trinajstić information content (AvgIpc) is 2.63. The molecule has 0 aromatic carbocycles. The smallest absolute Gasteiger partial charge is 0.217 e. The van der Waals surface area contributed by atoms with Crippen LogP contribution in [0.25, 0.3) is 0 Å². The van der Waals surface area contributed by atoms with Crippen LogP contribution < -0.4 is 0 Å². The Labute approximate surface area is 102 Å². The third-order valence-corrected chi connectivity index (χ3v) is 5.51. The zero-order valence-corrected chi connectivity index (χ0v) is 10.9. The van der Waals surface area contributed by atoms with Gasteiger partial charge in [-0.1, -0.05) is 6.42 Å². The molecule has 4 nitrogen and oxygen atoms in total. The minimum Gasteiger partial charge on any atom is -0.460 e. The molecule has 0 saturated carbocycles. The number of rotatable bonds is 2. The van der Waals surface area contributed by atoms with Crippen LogP contribution in [-0.4, -0.2) is 25.2 Å². The van der Waals surface area contributed by atoms with Crippen LogP contribution in [0, 0.1) is 0 Å². The topological polar surface area (TPSA) is 64.3 Å². The number of hydrogen-bond acceptors (Lipinski definition) is 4. The maximum Gasteiger partial charge on any atom is 0.217 e. The minimum atomic E-state index is -3.30. The van der Waals surface area contributed by atoms with Crippen molar-refractivity contribution in [1.29, 1.82) is 0 Å². The van der Waals surface area contributed by atoms with Gasteiger partial charge in [-0.15, -0.1) is 0 Å². The predicted octanol–water partition coefficient (Wildman–Crippen LogP) is 2.19. The Kier molecular flexibility index (Phi) is 3.21. The number of furan rings is 1. The van der Waals surface area contributed by atoms with E-state index in [-0.39, 0.29) is 11.5 Å². The van der Waals surface area contributed by atoms with Crippen molar-refractivity contribution >= 4 is 31.6 Å². The number of carbonyl (C=O) groups excluding carboxylic acids is 1. The van der Waals surface area contributed by atoms with Gasteiger partial charge in [0, 0.05) is 0 Å². The molecule has 16 heavy (non-hydrogen) atoms. The lowest BCUT2D eigenvalue weighted by Gasteiger charge is -2.20. The fourth-order valence-electron chi connectivity index (χ4n) is 1.86. The van der Waals surface area contributed by atoms with Gasteiger partial charge in [0.1, 0.15) is 5.25 Å². The Morgan fingerprint density at radius 2 is 2.19 bits per heavy atom. The summed E-state index contributed by atoms with van der Waals surface area (Å²) in [7, 11) is -3.30. The molecule has 1 aliphatic rings. The van der Waals surface area contributed by atoms with E-state index in [1.807, 2.05) is 0 Å². The summed E-state index contributed by atoms with van der Waals surface area (Å²) in [4.78, 5) is 12.0. The first kappa shape index (κ1) is 11.9. The first-order valence-electron chi connectivity index (χ1n) is 5.01. The summed E-state index contributed by atoms with van der Waals surface area (Å²) >= 11 is 3.16. The van der Waals surface area contributed by atoms with Crippen molar-refractivity contribution in [3.8, 4) is 0 Å². The number of hydrogen-bond donors (Lipinski definition) is 0. The Balaban J connectivity index is 2.32. The zero-order valence-electron chi connectivity index (χ0n) is 8.48. The van der Waals surface area contributed by atoms with Gasteiger partial charge in [-0.05, 0) is 34.8 Å². The van der Waals surface area contributed by atoms with Gasteiger partial charge < -0.3 is 4.42 Å². The van der Waals surface area contributed by atoms with Gasteiger partial charge in [0.25, 0.3) is 0 Å². The molecule has 1 aliphatic heterocycles. The van der Waals surface area contributed by atoms with E-state index in [0.29, 0.717) is 17.3 Å². The third-order valence-electron chi connectivity index (χ3n) is 2.71. The Bertz CT molecular complexity index is 503. The number of Topliss-reactive ketones (excluding diaryl/α,β-unsaturated/α-hetero) is 1. The van der Waals surface area contributed by atoms with Crippen LogP contribution >= 0.6 is 15.9 Å². The molecule has 6 heteroatoms. The molecule has 1 saturated heterocycles. The van der Waals surface area contributed by atoms with E-state index < -0.39 is 20.9 Å². The molecule has 1 fully saturated rings. The van der Waals surface area contributed by atoms with Crippen LogP contribution in [0.15, 0.2) is 21.2 Å². The highest BCUT2D eigenvalue weighted by molar-refractivity contribution is 9.10. The molecule has 0 spiro atoms. The molecule has 2 heterocycles. The van der Waals surface area contributed by atoms with Gasteiger partial charge in [0.15, 0.2) is 15.6 Å². The van der Waals surface area contributed by atoms with Gasteiger partial charge in [0.05, 0.1) is 16.5 Å². The Morgan fingerprint density at radius 1 is 1.44 bits per heavy atom. The van der Waals surface area contributed by atoms with Gasteiger partial charge in [-0.2, -0.15) is 0 Å². The summed E-state index contributed by atoms with van der Waals surface area (Å²) in [5, 5.41) is -0.927. The Morgan fingerprint density at radius 3 is 2.75 bits per heavy atom. The average molecular weight is 307 g/mol. The first-order valence-corrected chi connectivity index (χ1v) is 7.52. The molecular formula is C10H11BrO4S. The second kappa shape index (κ2) is 4.33. The highest BCUT2D eigenvalue weighted by Crippen LogP contribution is 2.26. The summed E-state index contributed by atoms with van der Waals surface area (Å²) in [6, 6.07) is 1.59. The van der Waals surface area contributed by atoms with Crippen molar-refractivity contribution in [2.45, 2.75) is 24.5 Å². The lowest BCUT2D eigenvalue weighted by molar-refractivity contribution is 0.0953. The normalized spacial score (nSPS) is 24.2. The van der Waals surface area contributed by atoms with Crippen molar-refractivity contribution < 1.29 is 17.6 Å². The van der Waals surface area contributed by atoms with Crippen molar-refractivity contribution in [3.63, 3.8) is 0 Å². The summed E-state index contributed by atoms with van der Waals surface area (Å²) in [6.07, 6.45) is 3.18. The standard InChI is InChI=1S/C10H11BrO4S/c11-7-4-5-15-10(7)9(12)8-3-1-2-6-16(8,13)14/h4-5,8H,1-3,6H2. The molecule has 0 bridgehead atoms. The fraction of sp³-hybridized carbons (Fsp3) is 0.500. The van der Waals surface area contributed by atoms with E-state index in [4.69, 9.17) is 4.42 Å². The first-order chi connectivity index (χ1) is 7.52. The fourth-order valence-corrected chi connectivity index (χ4v) is 4.11. The molecular weight excluding hydrogens is 296 g/mol. The van der Waals surface area contributed by atoms with Gasteiger partial charge in [0.2, 0.25) is 5.78 Å².